The lowest BCUT2D eigenvalue weighted by Crippen LogP contribution is -2.28. The molecule has 18 heavy (non-hydrogen) atoms. The van der Waals surface area contributed by atoms with E-state index in [4.69, 9.17) is 0 Å². The molecule has 0 aliphatic carbocycles. The average molecular weight is 244 g/mol. The molecule has 3 aromatic rings. The van der Waals surface area contributed by atoms with Gasteiger partial charge in [0, 0.05) is 19.4 Å². The fraction of sp³-hybridized carbons (Fsp3) is 0.100. The maximum absolute atomic E-state index is 11.6. The van der Waals surface area contributed by atoms with E-state index in [1.165, 1.54) is 17.9 Å². The molecule has 3 aromatic heterocycles. The van der Waals surface area contributed by atoms with Gasteiger partial charge in [-0.25, -0.2) is 19.7 Å². The van der Waals surface area contributed by atoms with Crippen LogP contribution < -0.4 is 11.2 Å². The molecular weight excluding hydrogens is 236 g/mol. The number of H-pyrrole nitrogens is 2. The molecule has 0 atom stereocenters. The summed E-state index contributed by atoms with van der Waals surface area (Å²) in [6.45, 7) is 0. The zero-order chi connectivity index (χ0) is 12.7. The van der Waals surface area contributed by atoms with Gasteiger partial charge in [0.15, 0.2) is 5.65 Å². The molecular formula is C10H8N6O2. The Kier molecular flexibility index (Phi) is 2.09. The summed E-state index contributed by atoms with van der Waals surface area (Å²) in [5.41, 5.74) is 0.178. The molecule has 0 saturated heterocycles. The highest BCUT2D eigenvalue weighted by atomic mass is 16.2. The van der Waals surface area contributed by atoms with Crippen LogP contribution in [0.25, 0.3) is 22.6 Å². The Morgan fingerprint density at radius 1 is 1.17 bits per heavy atom. The van der Waals surface area contributed by atoms with Crippen LogP contribution in [0.4, 0.5) is 0 Å². The molecule has 8 heteroatoms. The summed E-state index contributed by atoms with van der Waals surface area (Å²) in [4.78, 5) is 40.1. The number of hydrogen-bond donors (Lipinski definition) is 2. The topological polar surface area (TPSA) is 109 Å². The molecule has 3 heterocycles. The Hall–Kier alpha value is -2.77. The number of aromatic amines is 2. The van der Waals surface area contributed by atoms with Crippen LogP contribution >= 0.6 is 0 Å². The maximum atomic E-state index is 11.6. The Labute approximate surface area is 99.4 Å². The summed E-state index contributed by atoms with van der Waals surface area (Å²) in [7, 11) is 1.53. The quantitative estimate of drug-likeness (QED) is 0.594. The third-order valence-electron chi connectivity index (χ3n) is 2.59. The first kappa shape index (κ1) is 10.4. The van der Waals surface area contributed by atoms with Gasteiger partial charge in [0.25, 0.3) is 5.56 Å². The minimum absolute atomic E-state index is 0.246. The van der Waals surface area contributed by atoms with Crippen molar-refractivity contribution in [2.24, 2.45) is 7.05 Å². The van der Waals surface area contributed by atoms with Crippen molar-refractivity contribution in [2.75, 3.05) is 0 Å². The first-order chi connectivity index (χ1) is 8.66. The van der Waals surface area contributed by atoms with E-state index in [0.717, 1.165) is 0 Å². The Bertz CT molecular complexity index is 829. The summed E-state index contributed by atoms with van der Waals surface area (Å²) < 4.78 is 1.26. The second-order valence-corrected chi connectivity index (χ2v) is 3.73. The van der Waals surface area contributed by atoms with Gasteiger partial charge in [0.2, 0.25) is 0 Å². The van der Waals surface area contributed by atoms with Gasteiger partial charge in [0.1, 0.15) is 17.7 Å². The minimum atomic E-state index is -0.505. The van der Waals surface area contributed by atoms with Crippen LogP contribution in [0.2, 0.25) is 0 Å². The molecule has 0 unspecified atom stereocenters. The van der Waals surface area contributed by atoms with Gasteiger partial charge in [-0.1, -0.05) is 0 Å². The van der Waals surface area contributed by atoms with E-state index < -0.39 is 11.2 Å². The van der Waals surface area contributed by atoms with Crippen molar-refractivity contribution >= 4 is 11.2 Å². The SMILES string of the molecule is Cn1c(=O)[nH]c(=O)c2[nH]c(-c3cncnc3)nc21. The van der Waals surface area contributed by atoms with E-state index >= 15 is 0 Å². The molecule has 0 bridgehead atoms. The van der Waals surface area contributed by atoms with Crippen LogP contribution in [0.5, 0.6) is 0 Å². The zero-order valence-corrected chi connectivity index (χ0v) is 9.34. The predicted octanol–water partition coefficient (Wildman–Crippen LogP) is -0.593. The molecule has 0 aromatic carbocycles. The maximum Gasteiger partial charge on any atom is 0.329 e. The zero-order valence-electron chi connectivity index (χ0n) is 9.34. The van der Waals surface area contributed by atoms with Crippen LogP contribution in [0.3, 0.4) is 0 Å². The summed E-state index contributed by atoms with van der Waals surface area (Å²) in [6.07, 6.45) is 4.53. The minimum Gasteiger partial charge on any atom is -0.332 e. The summed E-state index contributed by atoms with van der Waals surface area (Å²) in [6, 6.07) is 0. The number of rotatable bonds is 1. The Balaban J connectivity index is 2.37. The van der Waals surface area contributed by atoms with Crippen molar-refractivity contribution < 1.29 is 0 Å². The second-order valence-electron chi connectivity index (χ2n) is 3.73. The standard InChI is InChI=1S/C10H8N6O2/c1-16-8-6(9(17)15-10(16)18)13-7(14-8)5-2-11-4-12-3-5/h2-4H,1H3,(H,13,14)(H,15,17,18). The monoisotopic (exact) mass is 244 g/mol. The lowest BCUT2D eigenvalue weighted by Gasteiger charge is -1.94. The van der Waals surface area contributed by atoms with E-state index in [-0.39, 0.29) is 5.52 Å². The van der Waals surface area contributed by atoms with E-state index in [1.54, 1.807) is 12.4 Å². The fourth-order valence-corrected chi connectivity index (χ4v) is 1.66. The number of imidazole rings is 1. The summed E-state index contributed by atoms with van der Waals surface area (Å²) in [5, 5.41) is 0. The molecule has 2 N–H and O–H groups in total. The van der Waals surface area contributed by atoms with E-state index in [9.17, 15) is 9.59 Å². The highest BCUT2D eigenvalue weighted by molar-refractivity contribution is 5.74. The van der Waals surface area contributed by atoms with Crippen LogP contribution in [0.1, 0.15) is 0 Å². The predicted molar refractivity (Wildman–Crippen MR) is 63.0 cm³/mol. The Morgan fingerprint density at radius 3 is 2.61 bits per heavy atom. The van der Waals surface area contributed by atoms with Gasteiger partial charge in [-0.15, -0.1) is 0 Å². The van der Waals surface area contributed by atoms with Crippen molar-refractivity contribution in [1.29, 1.82) is 0 Å². The van der Waals surface area contributed by atoms with Gasteiger partial charge in [-0.05, 0) is 0 Å². The lowest BCUT2D eigenvalue weighted by molar-refractivity contribution is 0.832. The van der Waals surface area contributed by atoms with Crippen LogP contribution in [-0.4, -0.2) is 29.5 Å². The number of aromatic nitrogens is 6. The van der Waals surface area contributed by atoms with Crippen molar-refractivity contribution in [3.63, 3.8) is 0 Å². The van der Waals surface area contributed by atoms with Crippen molar-refractivity contribution in [1.82, 2.24) is 29.5 Å². The van der Waals surface area contributed by atoms with Gasteiger partial charge < -0.3 is 4.98 Å². The number of nitrogens with zero attached hydrogens (tertiary/aromatic N) is 4. The molecule has 0 aliphatic rings. The molecule has 8 nitrogen and oxygen atoms in total. The molecule has 3 rings (SSSR count). The highest BCUT2D eigenvalue weighted by Crippen LogP contribution is 2.15. The van der Waals surface area contributed by atoms with E-state index in [0.29, 0.717) is 17.0 Å². The summed E-state index contributed by atoms with van der Waals surface area (Å²) >= 11 is 0. The summed E-state index contributed by atoms with van der Waals surface area (Å²) in [5.74, 6) is 0.442. The number of fused-ring (bicyclic) bond motifs is 1. The number of hydrogen-bond acceptors (Lipinski definition) is 5. The van der Waals surface area contributed by atoms with Gasteiger partial charge in [-0.3, -0.25) is 14.3 Å². The first-order valence-corrected chi connectivity index (χ1v) is 5.11. The number of aryl methyl sites for hydroxylation is 1. The van der Waals surface area contributed by atoms with Crippen LogP contribution in [0, 0.1) is 0 Å². The van der Waals surface area contributed by atoms with Crippen LogP contribution in [-0.2, 0) is 7.05 Å². The first-order valence-electron chi connectivity index (χ1n) is 5.11. The third kappa shape index (κ3) is 1.43. The van der Waals surface area contributed by atoms with E-state index in [2.05, 4.69) is 24.9 Å². The fourth-order valence-electron chi connectivity index (χ4n) is 1.66. The smallest absolute Gasteiger partial charge is 0.329 e. The molecule has 90 valence electrons. The van der Waals surface area contributed by atoms with Crippen molar-refractivity contribution in [2.45, 2.75) is 0 Å². The molecule has 0 spiro atoms. The molecule has 0 amide bonds. The molecule has 0 saturated carbocycles. The third-order valence-corrected chi connectivity index (χ3v) is 2.59. The average Bonchev–Trinajstić information content (AvgIpc) is 2.83. The largest absolute Gasteiger partial charge is 0.332 e. The van der Waals surface area contributed by atoms with Crippen LogP contribution in [0.15, 0.2) is 28.3 Å². The normalized spacial score (nSPS) is 10.9. The second kappa shape index (κ2) is 3.62. The van der Waals surface area contributed by atoms with Gasteiger partial charge in [-0.2, -0.15) is 0 Å². The van der Waals surface area contributed by atoms with Gasteiger partial charge >= 0.3 is 5.69 Å². The molecule has 0 radical (unpaired) electrons. The van der Waals surface area contributed by atoms with Crippen molar-refractivity contribution in [3.05, 3.63) is 39.6 Å². The highest BCUT2D eigenvalue weighted by Gasteiger charge is 2.11. The van der Waals surface area contributed by atoms with Gasteiger partial charge in [0.05, 0.1) is 5.56 Å². The number of nitrogens with one attached hydrogen (secondary N) is 2. The molecule has 0 fully saturated rings. The Morgan fingerprint density at radius 2 is 1.89 bits per heavy atom. The van der Waals surface area contributed by atoms with Crippen molar-refractivity contribution in [3.8, 4) is 11.4 Å². The lowest BCUT2D eigenvalue weighted by atomic mass is 10.3. The molecule has 0 aliphatic heterocycles. The van der Waals surface area contributed by atoms with E-state index in [1.807, 2.05) is 0 Å².